The molecule has 0 aliphatic heterocycles. The maximum Gasteiger partial charge on any atom is 0.0903 e. The summed E-state index contributed by atoms with van der Waals surface area (Å²) >= 11 is 0. The SMILES string of the molecule is N=C[NH-].[ClH2+]. The average Bonchev–Trinajstić information content (AvgIpc) is 0.918. The topological polar surface area (TPSA) is 47.7 Å². The van der Waals surface area contributed by atoms with Crippen LogP contribution in [0.1, 0.15) is 0 Å². The van der Waals surface area contributed by atoms with Crippen LogP contribution >= 0.6 is 0 Å². The molecule has 26 valence electrons. The van der Waals surface area contributed by atoms with Gasteiger partial charge in [-0.05, 0) is 0 Å². The number of nitrogens with one attached hydrogen (secondary N) is 2. The fraction of sp³-hybridized carbons (Fsp3) is 0. The van der Waals surface area contributed by atoms with Crippen LogP contribution in [-0.2, 0) is 0 Å². The van der Waals surface area contributed by atoms with Crippen molar-refractivity contribution in [2.75, 3.05) is 0 Å². The molecular formula is CH5ClN2. The zero-order valence-corrected chi connectivity index (χ0v) is 2.92. The zero-order chi connectivity index (χ0) is 2.71. The monoisotopic (exact) mass is 80.0 g/mol. The summed E-state index contributed by atoms with van der Waals surface area (Å²) in [5, 5.41) is 5.75. The molecule has 0 saturated carbocycles. The van der Waals surface area contributed by atoms with Gasteiger partial charge >= 0.3 is 0 Å². The molecule has 4 heavy (non-hydrogen) atoms. The van der Waals surface area contributed by atoms with Gasteiger partial charge in [-0.2, -0.15) is 0 Å². The first kappa shape index (κ1) is 9.25. The summed E-state index contributed by atoms with van der Waals surface area (Å²) in [4.78, 5) is 0. The number of halogens is 1. The molecular weight excluding hydrogens is 75.5 g/mol. The first-order valence-electron chi connectivity index (χ1n) is 0.577. The molecule has 3 heteroatoms. The Morgan fingerprint density at radius 1 is 1.75 bits per heavy atom. The molecule has 0 atom stereocenters. The Bertz CT molecular complexity index is 13.5. The highest BCUT2D eigenvalue weighted by atomic mass is 35.5. The second-order valence-electron chi connectivity index (χ2n) is 0.144. The van der Waals surface area contributed by atoms with Gasteiger partial charge in [0.15, 0.2) is 0 Å². The lowest BCUT2D eigenvalue weighted by Gasteiger charge is -1.54. The second kappa shape index (κ2) is 14.8. The third kappa shape index (κ3) is 17.6. The lowest BCUT2D eigenvalue weighted by molar-refractivity contribution is -0.000000887. The predicted octanol–water partition coefficient (Wildman–Crippen LogP) is 0.110. The van der Waals surface area contributed by atoms with E-state index in [9.17, 15) is 0 Å². The summed E-state index contributed by atoms with van der Waals surface area (Å²) in [6.07, 6.45) is 0.500. The normalized spacial score (nSPS) is 3.00. The van der Waals surface area contributed by atoms with Crippen LogP contribution in [-0.4, -0.2) is 6.34 Å². The molecule has 0 aliphatic rings. The van der Waals surface area contributed by atoms with Crippen LogP contribution in [0, 0.1) is 17.8 Å². The van der Waals surface area contributed by atoms with E-state index >= 15 is 0 Å². The molecule has 0 aromatic carbocycles. The van der Waals surface area contributed by atoms with Gasteiger partial charge in [-0.15, -0.1) is 6.34 Å². The van der Waals surface area contributed by atoms with E-state index in [4.69, 9.17) is 11.1 Å². The molecule has 0 bridgehead atoms. The fourth-order valence-electron chi connectivity index (χ4n) is 0. The molecule has 0 unspecified atom stereocenters. The number of hydrogen-bond donors (Lipinski definition) is 1. The van der Waals surface area contributed by atoms with Gasteiger partial charge in [0, 0.05) is 0 Å². The minimum Gasteiger partial charge on any atom is -0.489 e. The maximum atomic E-state index is 5.75. The Kier molecular flexibility index (Phi) is 34.2. The first-order chi connectivity index (χ1) is 1.41. The summed E-state index contributed by atoms with van der Waals surface area (Å²) in [6.45, 7) is 0. The van der Waals surface area contributed by atoms with E-state index in [0.717, 1.165) is 0 Å². The quantitative estimate of drug-likeness (QED) is 0.317. The largest absolute Gasteiger partial charge is 0.489 e. The molecule has 0 aromatic heterocycles. The van der Waals surface area contributed by atoms with Crippen molar-refractivity contribution in [3.05, 3.63) is 5.73 Å². The Balaban J connectivity index is 0. The van der Waals surface area contributed by atoms with E-state index in [0.29, 0.717) is 6.34 Å². The van der Waals surface area contributed by atoms with Crippen LogP contribution < -0.4 is 0 Å². The summed E-state index contributed by atoms with van der Waals surface area (Å²) in [7, 11) is 0. The van der Waals surface area contributed by atoms with Gasteiger partial charge in [-0.1, -0.05) is 0 Å². The molecule has 0 rings (SSSR count). The molecule has 0 spiro atoms. The molecule has 2 N–H and O–H groups in total. The Morgan fingerprint density at radius 2 is 1.75 bits per heavy atom. The van der Waals surface area contributed by atoms with E-state index < -0.39 is 0 Å². The molecule has 0 heterocycles. The second-order valence-corrected chi connectivity index (χ2v) is 0.144. The van der Waals surface area contributed by atoms with E-state index in [1.807, 2.05) is 0 Å². The van der Waals surface area contributed by atoms with Crippen LogP contribution in [0.15, 0.2) is 0 Å². The summed E-state index contributed by atoms with van der Waals surface area (Å²) in [5.74, 6) is 0. The van der Waals surface area contributed by atoms with Crippen molar-refractivity contribution >= 4 is 6.34 Å². The third-order valence-electron chi connectivity index (χ3n) is 0. The van der Waals surface area contributed by atoms with Gasteiger partial charge in [0.05, 0.1) is 12.4 Å². The van der Waals surface area contributed by atoms with Gasteiger partial charge in [0.1, 0.15) is 0 Å². The fourth-order valence-corrected chi connectivity index (χ4v) is 0. The van der Waals surface area contributed by atoms with Gasteiger partial charge in [-0.3, -0.25) is 0 Å². The lowest BCUT2D eigenvalue weighted by Crippen LogP contribution is -1.28. The van der Waals surface area contributed by atoms with Crippen molar-refractivity contribution in [1.29, 1.82) is 5.41 Å². The van der Waals surface area contributed by atoms with Crippen molar-refractivity contribution in [2.24, 2.45) is 0 Å². The van der Waals surface area contributed by atoms with E-state index in [-0.39, 0.29) is 12.4 Å². The number of hydrogen-bond acceptors (Lipinski definition) is 1. The third-order valence-corrected chi connectivity index (χ3v) is 0. The van der Waals surface area contributed by atoms with Crippen LogP contribution in [0.2, 0.25) is 0 Å². The molecule has 0 radical (unpaired) electrons. The van der Waals surface area contributed by atoms with E-state index in [1.54, 1.807) is 0 Å². The summed E-state index contributed by atoms with van der Waals surface area (Å²) in [6, 6.07) is 0. The van der Waals surface area contributed by atoms with Gasteiger partial charge in [-0.25, -0.2) is 0 Å². The maximum absolute atomic E-state index is 5.75. The molecule has 0 saturated heterocycles. The highest BCUT2D eigenvalue weighted by Crippen LogP contribution is 1.23. The Morgan fingerprint density at radius 3 is 1.75 bits per heavy atom. The zero-order valence-electron chi connectivity index (χ0n) is 2.02. The summed E-state index contributed by atoms with van der Waals surface area (Å²) < 4.78 is 0. The predicted molar refractivity (Wildman–Crippen MR) is 15.9 cm³/mol. The molecule has 0 aliphatic carbocycles. The number of rotatable bonds is 0. The van der Waals surface area contributed by atoms with Gasteiger partial charge in [0.2, 0.25) is 0 Å². The first-order valence-corrected chi connectivity index (χ1v) is 0.577. The van der Waals surface area contributed by atoms with Crippen LogP contribution in [0.4, 0.5) is 0 Å². The standard InChI is InChI=1S/CH3N2.ClH2/c2-1-3;/h1H,(H2-,2,3);1H2/q-1;+1. The molecule has 0 amide bonds. The van der Waals surface area contributed by atoms with Crippen molar-refractivity contribution < 1.29 is 12.4 Å². The van der Waals surface area contributed by atoms with Crippen LogP contribution in [0.5, 0.6) is 0 Å². The average molecular weight is 80.5 g/mol. The van der Waals surface area contributed by atoms with Crippen molar-refractivity contribution in [2.45, 2.75) is 0 Å². The van der Waals surface area contributed by atoms with E-state index in [1.165, 1.54) is 0 Å². The van der Waals surface area contributed by atoms with Crippen LogP contribution in [0.3, 0.4) is 0 Å². The van der Waals surface area contributed by atoms with Crippen molar-refractivity contribution in [1.82, 2.24) is 0 Å². The highest BCUT2D eigenvalue weighted by molar-refractivity contribution is 5.59. The minimum absolute atomic E-state index is 0. The minimum atomic E-state index is 0. The molecule has 0 fully saturated rings. The van der Waals surface area contributed by atoms with Crippen LogP contribution in [0.25, 0.3) is 5.73 Å². The van der Waals surface area contributed by atoms with Gasteiger partial charge in [0.25, 0.3) is 0 Å². The van der Waals surface area contributed by atoms with Crippen molar-refractivity contribution in [3.8, 4) is 0 Å². The molecule has 2 nitrogen and oxygen atoms in total. The van der Waals surface area contributed by atoms with Gasteiger partial charge < -0.3 is 11.1 Å². The lowest BCUT2D eigenvalue weighted by atomic mass is 11.4. The highest BCUT2D eigenvalue weighted by Gasteiger charge is 0.939. The Hall–Kier alpha value is -0.240. The smallest absolute Gasteiger partial charge is 0.0903 e. The summed E-state index contributed by atoms with van der Waals surface area (Å²) in [5.41, 5.74) is 5.75. The van der Waals surface area contributed by atoms with E-state index in [2.05, 4.69) is 0 Å². The molecule has 0 aromatic rings. The van der Waals surface area contributed by atoms with Crippen molar-refractivity contribution in [3.63, 3.8) is 0 Å². The Labute approximate surface area is 30.9 Å².